The van der Waals surface area contributed by atoms with Crippen LogP contribution >= 0.6 is 11.3 Å². The van der Waals surface area contributed by atoms with Crippen molar-refractivity contribution < 1.29 is 4.79 Å². The first kappa shape index (κ1) is 22.8. The molecule has 2 atom stereocenters. The minimum atomic E-state index is -0.0229. The maximum absolute atomic E-state index is 12.9. The fourth-order valence-corrected chi connectivity index (χ4v) is 5.38. The zero-order valence-electron chi connectivity index (χ0n) is 19.9. The summed E-state index contributed by atoms with van der Waals surface area (Å²) in [5.41, 5.74) is 3.35. The van der Waals surface area contributed by atoms with Crippen LogP contribution in [0.4, 0.5) is 0 Å². The summed E-state index contributed by atoms with van der Waals surface area (Å²) < 4.78 is 3.49. The maximum atomic E-state index is 12.9. The average Bonchev–Trinajstić information content (AvgIpc) is 3.33. The van der Waals surface area contributed by atoms with Crippen LogP contribution < -0.4 is 11.0 Å². The standard InChI is InChI=1S/C25H34N4O2S/c1-24(2,3)15-29-19-8-7-18(26-21(19)28(6)23(29)31)16-9-11-25(4,5)20(13-16)27-22(30)17-10-12-32-14-17/h7-8,10,12,14,16,20H,9,11,13,15H2,1-6H3,(H,27,30). The van der Waals surface area contributed by atoms with Gasteiger partial charge in [-0.3, -0.25) is 13.9 Å². The van der Waals surface area contributed by atoms with Crippen molar-refractivity contribution in [3.63, 3.8) is 0 Å². The summed E-state index contributed by atoms with van der Waals surface area (Å²) in [7, 11) is 1.80. The number of rotatable bonds is 4. The predicted molar refractivity (Wildman–Crippen MR) is 130 cm³/mol. The number of amides is 1. The van der Waals surface area contributed by atoms with Gasteiger partial charge in [0.1, 0.15) is 0 Å². The lowest BCUT2D eigenvalue weighted by atomic mass is 9.68. The second kappa shape index (κ2) is 8.18. The van der Waals surface area contributed by atoms with Crippen LogP contribution in [-0.2, 0) is 13.6 Å². The van der Waals surface area contributed by atoms with Crippen LogP contribution in [-0.4, -0.2) is 26.1 Å². The highest BCUT2D eigenvalue weighted by molar-refractivity contribution is 7.08. The molecule has 1 aliphatic carbocycles. The van der Waals surface area contributed by atoms with Gasteiger partial charge in [-0.1, -0.05) is 34.6 Å². The molecule has 1 amide bonds. The third kappa shape index (κ3) is 4.40. The molecule has 0 bridgehead atoms. The highest BCUT2D eigenvalue weighted by Gasteiger charge is 2.38. The zero-order valence-corrected chi connectivity index (χ0v) is 20.8. The number of hydrogen-bond donors (Lipinski definition) is 1. The number of hydrogen-bond acceptors (Lipinski definition) is 4. The number of pyridine rings is 1. The van der Waals surface area contributed by atoms with Crippen LogP contribution in [0.1, 0.15) is 75.9 Å². The molecule has 0 radical (unpaired) electrons. The zero-order chi connectivity index (χ0) is 23.3. The van der Waals surface area contributed by atoms with Crippen LogP contribution in [0.15, 0.2) is 33.8 Å². The highest BCUT2D eigenvalue weighted by atomic mass is 32.1. The lowest BCUT2D eigenvalue weighted by Crippen LogP contribution is -2.48. The Labute approximate surface area is 193 Å². The van der Waals surface area contributed by atoms with Gasteiger partial charge in [-0.15, -0.1) is 0 Å². The van der Waals surface area contributed by atoms with Crippen molar-refractivity contribution in [3.8, 4) is 0 Å². The SMILES string of the molecule is Cn1c(=O)n(CC(C)(C)C)c2ccc(C3CCC(C)(C)C(NC(=O)c4ccsc4)C3)nc21. The summed E-state index contributed by atoms with van der Waals surface area (Å²) in [6, 6.07) is 6.05. The number of imidazole rings is 1. The highest BCUT2D eigenvalue weighted by Crippen LogP contribution is 2.42. The first-order valence-electron chi connectivity index (χ1n) is 11.4. The second-order valence-electron chi connectivity index (χ2n) is 11.1. The quantitative estimate of drug-likeness (QED) is 0.607. The third-order valence-corrected chi connectivity index (χ3v) is 7.43. The molecule has 6 nitrogen and oxygen atoms in total. The number of carbonyl (C=O) groups is 1. The van der Waals surface area contributed by atoms with Crippen LogP contribution in [0.25, 0.3) is 11.2 Å². The number of aromatic nitrogens is 3. The summed E-state index contributed by atoms with van der Waals surface area (Å²) in [5.74, 6) is 0.247. The Hall–Kier alpha value is -2.41. The fourth-order valence-electron chi connectivity index (χ4n) is 4.74. The molecule has 1 fully saturated rings. The molecule has 0 saturated heterocycles. The lowest BCUT2D eigenvalue weighted by molar-refractivity contribution is 0.0837. The van der Waals surface area contributed by atoms with E-state index in [2.05, 4.69) is 46.0 Å². The van der Waals surface area contributed by atoms with E-state index in [1.54, 1.807) is 11.6 Å². The summed E-state index contributed by atoms with van der Waals surface area (Å²) in [6.45, 7) is 11.5. The fraction of sp³-hybridized carbons (Fsp3) is 0.560. The van der Waals surface area contributed by atoms with E-state index in [0.717, 1.165) is 41.7 Å². The Morgan fingerprint density at radius 1 is 1.28 bits per heavy atom. The van der Waals surface area contributed by atoms with Gasteiger partial charge in [0.25, 0.3) is 5.91 Å². The van der Waals surface area contributed by atoms with Crippen LogP contribution in [0.3, 0.4) is 0 Å². The lowest BCUT2D eigenvalue weighted by Gasteiger charge is -2.42. The van der Waals surface area contributed by atoms with Gasteiger partial charge < -0.3 is 5.32 Å². The van der Waals surface area contributed by atoms with E-state index in [1.165, 1.54) is 11.3 Å². The van der Waals surface area contributed by atoms with E-state index in [0.29, 0.717) is 6.54 Å². The number of carbonyl (C=O) groups excluding carboxylic acids is 1. The van der Waals surface area contributed by atoms with E-state index in [9.17, 15) is 9.59 Å². The van der Waals surface area contributed by atoms with E-state index in [-0.39, 0.29) is 34.4 Å². The van der Waals surface area contributed by atoms with Gasteiger partial charge in [-0.2, -0.15) is 11.3 Å². The third-order valence-electron chi connectivity index (χ3n) is 6.74. The normalized spacial score (nSPS) is 21.1. The molecular weight excluding hydrogens is 420 g/mol. The number of nitrogens with one attached hydrogen (secondary N) is 1. The summed E-state index contributed by atoms with van der Waals surface area (Å²) in [4.78, 5) is 30.5. The van der Waals surface area contributed by atoms with E-state index in [4.69, 9.17) is 4.98 Å². The molecular formula is C25H34N4O2S. The number of aryl methyl sites for hydroxylation is 1. The Balaban J connectivity index is 1.61. The van der Waals surface area contributed by atoms with Crippen LogP contribution in [0, 0.1) is 10.8 Å². The first-order chi connectivity index (χ1) is 15.0. The van der Waals surface area contributed by atoms with Crippen molar-refractivity contribution in [1.82, 2.24) is 19.4 Å². The largest absolute Gasteiger partial charge is 0.349 e. The molecule has 172 valence electrons. The van der Waals surface area contributed by atoms with Gasteiger partial charge >= 0.3 is 5.69 Å². The topological polar surface area (TPSA) is 68.9 Å². The van der Waals surface area contributed by atoms with Gasteiger partial charge in [-0.25, -0.2) is 9.78 Å². The molecule has 0 aromatic carbocycles. The molecule has 7 heteroatoms. The van der Waals surface area contributed by atoms with Gasteiger partial charge in [0.15, 0.2) is 5.65 Å². The second-order valence-corrected chi connectivity index (χ2v) is 11.8. The van der Waals surface area contributed by atoms with Crippen molar-refractivity contribution in [2.75, 3.05) is 0 Å². The molecule has 3 aromatic heterocycles. The smallest absolute Gasteiger partial charge is 0.330 e. The number of nitrogens with zero attached hydrogens (tertiary/aromatic N) is 3. The van der Waals surface area contributed by atoms with E-state index in [1.807, 2.05) is 27.5 Å². The summed E-state index contributed by atoms with van der Waals surface area (Å²) >= 11 is 1.54. The Kier molecular flexibility index (Phi) is 5.82. The van der Waals surface area contributed by atoms with E-state index >= 15 is 0 Å². The predicted octanol–water partition coefficient (Wildman–Crippen LogP) is 4.93. The van der Waals surface area contributed by atoms with Gasteiger partial charge in [0.2, 0.25) is 0 Å². The molecule has 3 heterocycles. The molecule has 1 saturated carbocycles. The number of fused-ring (bicyclic) bond motifs is 1. The van der Waals surface area contributed by atoms with Crippen molar-refractivity contribution in [1.29, 1.82) is 0 Å². The van der Waals surface area contributed by atoms with Crippen molar-refractivity contribution in [2.24, 2.45) is 17.9 Å². The minimum absolute atomic E-state index is 0.000382. The van der Waals surface area contributed by atoms with Crippen molar-refractivity contribution >= 4 is 28.4 Å². The van der Waals surface area contributed by atoms with Crippen LogP contribution in [0.5, 0.6) is 0 Å². The van der Waals surface area contributed by atoms with Gasteiger partial charge in [0.05, 0.1) is 5.52 Å². The molecule has 3 aromatic rings. The number of thiophene rings is 1. The molecule has 1 N–H and O–H groups in total. The molecule has 2 unspecified atom stereocenters. The Morgan fingerprint density at radius 3 is 2.69 bits per heavy atom. The molecule has 0 aliphatic heterocycles. The first-order valence-corrected chi connectivity index (χ1v) is 12.3. The van der Waals surface area contributed by atoms with Gasteiger partial charge in [0, 0.05) is 42.2 Å². The Bertz CT molecular complexity index is 1180. The average molecular weight is 455 g/mol. The van der Waals surface area contributed by atoms with E-state index < -0.39 is 0 Å². The molecule has 1 aliphatic rings. The molecule has 32 heavy (non-hydrogen) atoms. The molecule has 4 rings (SSSR count). The molecule has 0 spiro atoms. The maximum Gasteiger partial charge on any atom is 0.330 e. The summed E-state index contributed by atoms with van der Waals surface area (Å²) in [5, 5.41) is 7.10. The van der Waals surface area contributed by atoms with Crippen molar-refractivity contribution in [3.05, 3.63) is 50.7 Å². The monoisotopic (exact) mass is 454 g/mol. The van der Waals surface area contributed by atoms with Crippen molar-refractivity contribution in [2.45, 2.75) is 72.4 Å². The van der Waals surface area contributed by atoms with Gasteiger partial charge in [-0.05, 0) is 53.7 Å². The van der Waals surface area contributed by atoms with Crippen LogP contribution in [0.2, 0.25) is 0 Å². The Morgan fingerprint density at radius 2 is 2.03 bits per heavy atom. The minimum Gasteiger partial charge on any atom is -0.349 e. The summed E-state index contributed by atoms with van der Waals surface area (Å²) in [6.07, 6.45) is 2.88.